The summed E-state index contributed by atoms with van der Waals surface area (Å²) in [5, 5.41) is 13.4. The maximum absolute atomic E-state index is 13.2. The number of amides is 1. The van der Waals surface area contributed by atoms with E-state index in [2.05, 4.69) is 78.2 Å². The average molecular weight is 511 g/mol. The van der Waals surface area contributed by atoms with E-state index in [1.807, 2.05) is 0 Å². The van der Waals surface area contributed by atoms with E-state index in [4.69, 9.17) is 0 Å². The van der Waals surface area contributed by atoms with Crippen LogP contribution in [0.4, 0.5) is 0 Å². The Morgan fingerprint density at radius 3 is 2.61 bits per heavy atom. The van der Waals surface area contributed by atoms with Crippen molar-refractivity contribution in [1.29, 1.82) is 0 Å². The number of aliphatic hydroxyl groups is 1. The first-order chi connectivity index (χ1) is 16.5. The SMILES string of the molecule is Cc1cc2c(cc1C)C(=O)N(CC1CCCN(CC(O)Cc3cccc4ccccc34)C1)CC2.Cl.O. The molecule has 1 fully saturated rings. The quantitative estimate of drug-likeness (QED) is 0.535. The molecule has 3 aromatic carbocycles. The standard InChI is InChI=1S/C30H36N2O2.ClH.H2O/c1-21-15-26-12-14-32(30(34)29(26)16-22(21)2)19-23-7-6-13-31(18-23)20-27(33)17-25-10-5-9-24-8-3-4-11-28(24)25;;/h3-5,8-11,15-16,23,27,33H,6-7,12-14,17-20H2,1-2H3;1H;1H2. The molecule has 6 heteroatoms. The largest absolute Gasteiger partial charge is 0.412 e. The molecule has 5 rings (SSSR count). The van der Waals surface area contributed by atoms with E-state index < -0.39 is 0 Å². The van der Waals surface area contributed by atoms with E-state index in [0.29, 0.717) is 18.9 Å². The lowest BCUT2D eigenvalue weighted by molar-refractivity contribution is 0.0580. The van der Waals surface area contributed by atoms with E-state index in [-0.39, 0.29) is 29.9 Å². The van der Waals surface area contributed by atoms with Crippen LogP contribution in [0.1, 0.15) is 45.5 Å². The Morgan fingerprint density at radius 1 is 1.03 bits per heavy atom. The van der Waals surface area contributed by atoms with Crippen molar-refractivity contribution in [2.75, 3.05) is 32.7 Å². The van der Waals surface area contributed by atoms with Crippen molar-refractivity contribution in [3.63, 3.8) is 0 Å². The third kappa shape index (κ3) is 6.09. The van der Waals surface area contributed by atoms with Crippen LogP contribution in [-0.2, 0) is 12.8 Å². The predicted octanol–water partition coefficient (Wildman–Crippen LogP) is 4.37. The van der Waals surface area contributed by atoms with E-state index in [0.717, 1.165) is 51.0 Å². The summed E-state index contributed by atoms with van der Waals surface area (Å²) in [7, 11) is 0. The maximum Gasteiger partial charge on any atom is 0.254 e. The Morgan fingerprint density at radius 2 is 1.78 bits per heavy atom. The number of benzene rings is 3. The highest BCUT2D eigenvalue weighted by molar-refractivity contribution is 5.97. The number of hydrogen-bond acceptors (Lipinski definition) is 3. The molecule has 2 aliphatic heterocycles. The summed E-state index contributed by atoms with van der Waals surface area (Å²) in [5.74, 6) is 0.660. The van der Waals surface area contributed by atoms with Crippen LogP contribution in [0, 0.1) is 19.8 Å². The van der Waals surface area contributed by atoms with Gasteiger partial charge in [-0.15, -0.1) is 12.4 Å². The van der Waals surface area contributed by atoms with Crippen molar-refractivity contribution in [1.82, 2.24) is 9.80 Å². The Kier molecular flexibility index (Phi) is 9.53. The van der Waals surface area contributed by atoms with Crippen molar-refractivity contribution in [3.05, 3.63) is 82.4 Å². The zero-order chi connectivity index (χ0) is 23.7. The minimum atomic E-state index is -0.390. The second kappa shape index (κ2) is 12.2. The van der Waals surface area contributed by atoms with Gasteiger partial charge >= 0.3 is 0 Å². The molecule has 2 atom stereocenters. The lowest BCUT2D eigenvalue weighted by Crippen LogP contribution is -2.46. The molecule has 0 spiro atoms. The van der Waals surface area contributed by atoms with Crippen molar-refractivity contribution >= 4 is 29.1 Å². The molecule has 2 unspecified atom stereocenters. The molecule has 1 saturated heterocycles. The van der Waals surface area contributed by atoms with Crippen LogP contribution >= 0.6 is 12.4 Å². The molecule has 0 aliphatic carbocycles. The van der Waals surface area contributed by atoms with Crippen LogP contribution in [0.2, 0.25) is 0 Å². The van der Waals surface area contributed by atoms with Gasteiger partial charge in [-0.1, -0.05) is 48.5 Å². The topological polar surface area (TPSA) is 75.3 Å². The highest BCUT2D eigenvalue weighted by atomic mass is 35.5. The van der Waals surface area contributed by atoms with Crippen molar-refractivity contribution in [3.8, 4) is 0 Å². The lowest BCUT2D eigenvalue weighted by Gasteiger charge is -2.38. The number of rotatable bonds is 6. The first-order valence-corrected chi connectivity index (χ1v) is 12.7. The van der Waals surface area contributed by atoms with Crippen LogP contribution in [0.25, 0.3) is 10.8 Å². The third-order valence-corrected chi connectivity index (χ3v) is 7.77. The molecule has 1 amide bonds. The normalized spacial score (nSPS) is 18.8. The van der Waals surface area contributed by atoms with Crippen LogP contribution in [0.15, 0.2) is 54.6 Å². The molecule has 36 heavy (non-hydrogen) atoms. The molecule has 3 aromatic rings. The van der Waals surface area contributed by atoms with Gasteiger partial charge in [0.1, 0.15) is 0 Å². The summed E-state index contributed by atoms with van der Waals surface area (Å²) in [5.41, 5.74) is 5.77. The van der Waals surface area contributed by atoms with Gasteiger partial charge in [0, 0.05) is 38.2 Å². The molecule has 0 aromatic heterocycles. The van der Waals surface area contributed by atoms with Crippen molar-refractivity contribution < 1.29 is 15.4 Å². The van der Waals surface area contributed by atoms with Crippen LogP contribution in [-0.4, -0.2) is 65.1 Å². The number of aliphatic hydroxyl groups excluding tert-OH is 1. The van der Waals surface area contributed by atoms with Crippen molar-refractivity contribution in [2.24, 2.45) is 5.92 Å². The molecule has 0 radical (unpaired) electrons. The van der Waals surface area contributed by atoms with E-state index in [1.165, 1.54) is 33.0 Å². The number of nitrogens with zero attached hydrogens (tertiary/aromatic N) is 2. The number of fused-ring (bicyclic) bond motifs is 2. The zero-order valence-electron chi connectivity index (χ0n) is 21.4. The van der Waals surface area contributed by atoms with Gasteiger partial charge in [-0.05, 0) is 84.7 Å². The van der Waals surface area contributed by atoms with Crippen LogP contribution in [0.3, 0.4) is 0 Å². The van der Waals surface area contributed by atoms with Gasteiger partial charge < -0.3 is 20.4 Å². The van der Waals surface area contributed by atoms with Crippen molar-refractivity contribution in [2.45, 2.75) is 45.6 Å². The highest BCUT2D eigenvalue weighted by Crippen LogP contribution is 2.26. The number of likely N-dealkylation sites (tertiary alicyclic amines) is 1. The molecule has 0 bridgehead atoms. The first-order valence-electron chi connectivity index (χ1n) is 12.7. The molecule has 2 aliphatic rings. The fourth-order valence-electron chi connectivity index (χ4n) is 5.85. The highest BCUT2D eigenvalue weighted by Gasteiger charge is 2.29. The Bertz CT molecular complexity index is 1190. The lowest BCUT2D eigenvalue weighted by atomic mass is 9.92. The molecule has 2 heterocycles. The number of carbonyl (C=O) groups excluding carboxylic acids is 1. The number of carbonyl (C=O) groups is 1. The number of hydrogen-bond donors (Lipinski definition) is 1. The summed E-state index contributed by atoms with van der Waals surface area (Å²) in [6, 6.07) is 19.0. The summed E-state index contributed by atoms with van der Waals surface area (Å²) in [6.45, 7) is 8.52. The fraction of sp³-hybridized carbons (Fsp3) is 0.433. The van der Waals surface area contributed by atoms with Gasteiger partial charge in [0.15, 0.2) is 0 Å². The monoisotopic (exact) mass is 510 g/mol. The number of piperidine rings is 1. The number of aryl methyl sites for hydroxylation is 2. The van der Waals surface area contributed by atoms with E-state index >= 15 is 0 Å². The average Bonchev–Trinajstić information content (AvgIpc) is 2.83. The van der Waals surface area contributed by atoms with Crippen LogP contribution < -0.4 is 0 Å². The van der Waals surface area contributed by atoms with Gasteiger partial charge in [-0.25, -0.2) is 0 Å². The number of β-amino-alcohol motifs (C(OH)–C–C–N with tert-alkyl or cyclic N) is 1. The van der Waals surface area contributed by atoms with Gasteiger partial charge in [0.2, 0.25) is 0 Å². The molecule has 5 nitrogen and oxygen atoms in total. The Labute approximate surface area is 220 Å². The summed E-state index contributed by atoms with van der Waals surface area (Å²) in [4.78, 5) is 17.7. The second-order valence-corrected chi connectivity index (χ2v) is 10.4. The Balaban J connectivity index is 0.00000180. The minimum absolute atomic E-state index is 0. The molecular formula is C30H39ClN2O3. The van der Waals surface area contributed by atoms with Gasteiger partial charge in [-0.2, -0.15) is 0 Å². The molecular weight excluding hydrogens is 472 g/mol. The smallest absolute Gasteiger partial charge is 0.254 e. The van der Waals surface area contributed by atoms with E-state index in [1.54, 1.807) is 0 Å². The maximum atomic E-state index is 13.2. The summed E-state index contributed by atoms with van der Waals surface area (Å²) in [6.07, 6.45) is 3.51. The molecule has 194 valence electrons. The van der Waals surface area contributed by atoms with Gasteiger partial charge in [0.05, 0.1) is 6.10 Å². The second-order valence-electron chi connectivity index (χ2n) is 10.4. The molecule has 0 saturated carbocycles. The number of halogens is 1. The van der Waals surface area contributed by atoms with Gasteiger partial charge in [-0.3, -0.25) is 4.79 Å². The van der Waals surface area contributed by atoms with E-state index in [9.17, 15) is 9.90 Å². The first kappa shape index (κ1) is 28.1. The van der Waals surface area contributed by atoms with Crippen LogP contribution in [0.5, 0.6) is 0 Å². The summed E-state index contributed by atoms with van der Waals surface area (Å²) >= 11 is 0. The fourth-order valence-corrected chi connectivity index (χ4v) is 5.85. The predicted molar refractivity (Wildman–Crippen MR) is 149 cm³/mol. The Hall–Kier alpha value is -2.44. The third-order valence-electron chi connectivity index (χ3n) is 7.77. The summed E-state index contributed by atoms with van der Waals surface area (Å²) < 4.78 is 0. The van der Waals surface area contributed by atoms with Gasteiger partial charge in [0.25, 0.3) is 5.91 Å². The minimum Gasteiger partial charge on any atom is -0.412 e. The molecule has 3 N–H and O–H groups in total. The zero-order valence-corrected chi connectivity index (χ0v) is 22.2.